The van der Waals surface area contributed by atoms with E-state index in [1.807, 2.05) is 4.90 Å². The molecule has 2 saturated heterocycles. The predicted octanol–water partition coefficient (Wildman–Crippen LogP) is 0.224. The summed E-state index contributed by atoms with van der Waals surface area (Å²) < 4.78 is 0. The van der Waals surface area contributed by atoms with Crippen LogP contribution in [0.15, 0.2) is 0 Å². The van der Waals surface area contributed by atoms with Crippen molar-refractivity contribution >= 4 is 5.91 Å². The lowest BCUT2D eigenvalue weighted by Crippen LogP contribution is -2.53. The quantitative estimate of drug-likeness (QED) is 0.783. The minimum Gasteiger partial charge on any atom is -0.339 e. The molecular weight excluding hydrogens is 252 g/mol. The molecule has 5 nitrogen and oxygen atoms in total. The average Bonchev–Trinajstić information content (AvgIpc) is 2.48. The van der Waals surface area contributed by atoms with Crippen LogP contribution in [0.25, 0.3) is 0 Å². The molecule has 1 N–H and O–H groups in total. The van der Waals surface area contributed by atoms with E-state index in [-0.39, 0.29) is 0 Å². The van der Waals surface area contributed by atoms with Crippen molar-refractivity contribution in [3.05, 3.63) is 0 Å². The molecule has 2 aliphatic heterocycles. The molecule has 0 aromatic heterocycles. The molecular formula is C15H30N4O. The summed E-state index contributed by atoms with van der Waals surface area (Å²) in [6, 6.07) is 0.542. The Labute approximate surface area is 123 Å². The van der Waals surface area contributed by atoms with Crippen LogP contribution in [-0.4, -0.2) is 86.1 Å². The molecule has 0 saturated carbocycles. The van der Waals surface area contributed by atoms with Crippen LogP contribution < -0.4 is 5.32 Å². The van der Waals surface area contributed by atoms with Crippen molar-refractivity contribution in [1.82, 2.24) is 20.0 Å². The van der Waals surface area contributed by atoms with Crippen molar-refractivity contribution in [2.45, 2.75) is 32.2 Å². The molecule has 0 aromatic rings. The van der Waals surface area contributed by atoms with E-state index < -0.39 is 0 Å². The second-order valence-corrected chi connectivity index (χ2v) is 6.15. The molecule has 2 fully saturated rings. The molecule has 1 amide bonds. The third-order valence-corrected chi connectivity index (χ3v) is 4.49. The van der Waals surface area contributed by atoms with Crippen molar-refractivity contribution < 1.29 is 4.79 Å². The minimum absolute atomic E-state index is 0.317. The number of hydrogen-bond donors (Lipinski definition) is 1. The van der Waals surface area contributed by atoms with E-state index in [1.165, 1.54) is 12.8 Å². The van der Waals surface area contributed by atoms with Crippen LogP contribution in [0.4, 0.5) is 0 Å². The number of piperazine rings is 1. The normalized spacial score (nSPS) is 25.1. The van der Waals surface area contributed by atoms with Crippen molar-refractivity contribution in [3.8, 4) is 0 Å². The summed E-state index contributed by atoms with van der Waals surface area (Å²) in [5.74, 6) is 0.317. The van der Waals surface area contributed by atoms with Gasteiger partial charge >= 0.3 is 0 Å². The molecule has 1 unspecified atom stereocenters. The second-order valence-electron chi connectivity index (χ2n) is 6.15. The average molecular weight is 282 g/mol. The summed E-state index contributed by atoms with van der Waals surface area (Å²) in [6.45, 7) is 9.78. The number of amides is 1. The van der Waals surface area contributed by atoms with Gasteiger partial charge in [0.1, 0.15) is 0 Å². The Bertz CT molecular complexity index is 296. The maximum atomic E-state index is 12.5. The van der Waals surface area contributed by atoms with Crippen LogP contribution in [0.5, 0.6) is 0 Å². The van der Waals surface area contributed by atoms with Gasteiger partial charge in [0.05, 0.1) is 6.54 Å². The maximum Gasteiger partial charge on any atom is 0.236 e. The number of piperidine rings is 1. The number of carbonyl (C=O) groups excluding carboxylic acids is 1. The summed E-state index contributed by atoms with van der Waals surface area (Å²) in [4.78, 5) is 19.2. The van der Waals surface area contributed by atoms with Gasteiger partial charge in [0.2, 0.25) is 5.91 Å². The van der Waals surface area contributed by atoms with E-state index in [0.717, 1.165) is 52.2 Å². The number of carbonyl (C=O) groups is 1. The molecule has 1 atom stereocenters. The zero-order valence-corrected chi connectivity index (χ0v) is 13.1. The number of nitrogens with zero attached hydrogens (tertiary/aromatic N) is 3. The van der Waals surface area contributed by atoms with Gasteiger partial charge in [0.25, 0.3) is 0 Å². The number of nitrogens with one attached hydrogen (secondary N) is 1. The van der Waals surface area contributed by atoms with Gasteiger partial charge in [-0.05, 0) is 39.4 Å². The Balaban J connectivity index is 1.84. The summed E-state index contributed by atoms with van der Waals surface area (Å²) >= 11 is 0. The van der Waals surface area contributed by atoms with E-state index in [9.17, 15) is 4.79 Å². The SMILES string of the molecule is CCCN(CC(=O)N1CCN(C)CC1)C1CCCNC1. The van der Waals surface area contributed by atoms with Crippen molar-refractivity contribution in [2.24, 2.45) is 0 Å². The Morgan fingerprint density at radius 2 is 2.05 bits per heavy atom. The molecule has 0 spiro atoms. The lowest BCUT2D eigenvalue weighted by atomic mass is 10.1. The van der Waals surface area contributed by atoms with E-state index in [1.54, 1.807) is 0 Å². The Kier molecular flexibility index (Phi) is 6.26. The highest BCUT2D eigenvalue weighted by molar-refractivity contribution is 5.78. The van der Waals surface area contributed by atoms with E-state index in [4.69, 9.17) is 0 Å². The third-order valence-electron chi connectivity index (χ3n) is 4.49. The fourth-order valence-corrected chi connectivity index (χ4v) is 3.15. The Morgan fingerprint density at radius 1 is 1.30 bits per heavy atom. The molecule has 0 aliphatic carbocycles. The van der Waals surface area contributed by atoms with Gasteiger partial charge < -0.3 is 15.1 Å². The second kappa shape index (κ2) is 7.96. The molecule has 20 heavy (non-hydrogen) atoms. The van der Waals surface area contributed by atoms with Crippen LogP contribution >= 0.6 is 0 Å². The largest absolute Gasteiger partial charge is 0.339 e. The van der Waals surface area contributed by atoms with Crippen LogP contribution in [-0.2, 0) is 4.79 Å². The fourth-order valence-electron chi connectivity index (χ4n) is 3.15. The first-order valence-corrected chi connectivity index (χ1v) is 8.11. The standard InChI is InChI=1S/C15H30N4O/c1-3-7-19(14-5-4-6-16-12-14)13-15(20)18-10-8-17(2)9-11-18/h14,16H,3-13H2,1-2H3. The fraction of sp³-hybridized carbons (Fsp3) is 0.933. The Morgan fingerprint density at radius 3 is 2.65 bits per heavy atom. The molecule has 2 rings (SSSR count). The smallest absolute Gasteiger partial charge is 0.236 e. The first-order chi connectivity index (χ1) is 9.70. The van der Waals surface area contributed by atoms with Gasteiger partial charge in [-0.15, -0.1) is 0 Å². The number of likely N-dealkylation sites (N-methyl/N-ethyl adjacent to an activating group) is 1. The van der Waals surface area contributed by atoms with Gasteiger partial charge in [-0.1, -0.05) is 6.92 Å². The zero-order chi connectivity index (χ0) is 14.4. The number of hydrogen-bond acceptors (Lipinski definition) is 4. The summed E-state index contributed by atoms with van der Waals surface area (Å²) in [5, 5.41) is 3.46. The highest BCUT2D eigenvalue weighted by Gasteiger charge is 2.25. The van der Waals surface area contributed by atoms with Crippen LogP contribution in [0.3, 0.4) is 0 Å². The molecule has 5 heteroatoms. The minimum atomic E-state index is 0.317. The van der Waals surface area contributed by atoms with Crippen LogP contribution in [0.1, 0.15) is 26.2 Å². The van der Waals surface area contributed by atoms with Crippen molar-refractivity contribution in [2.75, 3.05) is 59.4 Å². The van der Waals surface area contributed by atoms with Gasteiger partial charge in [-0.2, -0.15) is 0 Å². The summed E-state index contributed by atoms with van der Waals surface area (Å²) in [5.41, 5.74) is 0. The van der Waals surface area contributed by atoms with Gasteiger partial charge in [-0.3, -0.25) is 9.69 Å². The van der Waals surface area contributed by atoms with Crippen LogP contribution in [0, 0.1) is 0 Å². The molecule has 0 radical (unpaired) electrons. The van der Waals surface area contributed by atoms with Gasteiger partial charge in [0.15, 0.2) is 0 Å². The van der Waals surface area contributed by atoms with Crippen LogP contribution in [0.2, 0.25) is 0 Å². The summed E-state index contributed by atoms with van der Waals surface area (Å²) in [6.07, 6.45) is 3.57. The van der Waals surface area contributed by atoms with E-state index in [2.05, 4.69) is 29.1 Å². The van der Waals surface area contributed by atoms with Gasteiger partial charge in [-0.25, -0.2) is 0 Å². The molecule has 2 heterocycles. The van der Waals surface area contributed by atoms with E-state index >= 15 is 0 Å². The number of rotatable bonds is 5. The Hall–Kier alpha value is -0.650. The lowest BCUT2D eigenvalue weighted by molar-refractivity contribution is -0.134. The first-order valence-electron chi connectivity index (χ1n) is 8.11. The van der Waals surface area contributed by atoms with Crippen molar-refractivity contribution in [1.29, 1.82) is 0 Å². The highest BCUT2D eigenvalue weighted by atomic mass is 16.2. The monoisotopic (exact) mass is 282 g/mol. The predicted molar refractivity (Wildman–Crippen MR) is 81.8 cm³/mol. The zero-order valence-electron chi connectivity index (χ0n) is 13.1. The highest BCUT2D eigenvalue weighted by Crippen LogP contribution is 2.12. The third kappa shape index (κ3) is 4.43. The van der Waals surface area contributed by atoms with E-state index in [0.29, 0.717) is 18.5 Å². The molecule has 0 bridgehead atoms. The maximum absolute atomic E-state index is 12.5. The lowest BCUT2D eigenvalue weighted by Gasteiger charge is -2.37. The first kappa shape index (κ1) is 15.7. The van der Waals surface area contributed by atoms with Crippen molar-refractivity contribution in [3.63, 3.8) is 0 Å². The topological polar surface area (TPSA) is 38.8 Å². The van der Waals surface area contributed by atoms with Gasteiger partial charge in [0, 0.05) is 38.8 Å². The summed E-state index contributed by atoms with van der Waals surface area (Å²) in [7, 11) is 2.12. The molecule has 2 aliphatic rings. The molecule has 116 valence electrons. The molecule has 0 aromatic carbocycles.